The first-order valence-corrected chi connectivity index (χ1v) is 24.0. The number of hydrogen-bond donors (Lipinski definition) is 1. The number of nitrogens with one attached hydrogen (secondary N) is 1. The fourth-order valence-corrected chi connectivity index (χ4v) is 5.53. The van der Waals surface area contributed by atoms with E-state index in [0.717, 1.165) is 47.1 Å². The van der Waals surface area contributed by atoms with Gasteiger partial charge in [-0.1, -0.05) is 133 Å². The van der Waals surface area contributed by atoms with E-state index in [4.69, 9.17) is 0 Å². The molecular formula is C61H72F3N9. The third-order valence-electron chi connectivity index (χ3n) is 9.50. The van der Waals surface area contributed by atoms with Crippen LogP contribution in [0.2, 0.25) is 0 Å². The van der Waals surface area contributed by atoms with E-state index in [-0.39, 0.29) is 0 Å². The van der Waals surface area contributed by atoms with Crippen molar-refractivity contribution in [3.05, 3.63) is 270 Å². The Morgan fingerprint density at radius 1 is 0.479 bits per heavy atom. The van der Waals surface area contributed by atoms with Gasteiger partial charge in [-0.2, -0.15) is 13.2 Å². The Morgan fingerprint density at radius 3 is 1.45 bits per heavy atom. The summed E-state index contributed by atoms with van der Waals surface area (Å²) >= 11 is 0. The number of halogens is 3. The van der Waals surface area contributed by atoms with Gasteiger partial charge in [0, 0.05) is 68.0 Å². The average molecular weight is 988 g/mol. The van der Waals surface area contributed by atoms with Crippen LogP contribution in [-0.4, -0.2) is 44.4 Å². The zero-order valence-electron chi connectivity index (χ0n) is 44.0. The van der Waals surface area contributed by atoms with Crippen LogP contribution in [-0.2, 0) is 12.7 Å². The Bertz CT molecular complexity index is 2550. The Kier molecular flexibility index (Phi) is 30.7. The monoisotopic (exact) mass is 988 g/mol. The number of H-pyrrole nitrogens is 1. The average Bonchev–Trinajstić information content (AvgIpc) is 4.06. The summed E-state index contributed by atoms with van der Waals surface area (Å²) in [5.41, 5.74) is 9.71. The first-order valence-electron chi connectivity index (χ1n) is 24.0. The molecule has 9 nitrogen and oxygen atoms in total. The molecule has 0 radical (unpaired) electrons. The number of alkyl halides is 3. The number of aromatic amines is 1. The fraction of sp³-hybridized carbons (Fsp3) is 0.230. The van der Waals surface area contributed by atoms with Crippen molar-refractivity contribution in [1.82, 2.24) is 44.4 Å². The van der Waals surface area contributed by atoms with Gasteiger partial charge >= 0.3 is 6.18 Å². The molecule has 73 heavy (non-hydrogen) atoms. The second-order valence-corrected chi connectivity index (χ2v) is 16.5. The largest absolute Gasteiger partial charge is 0.416 e. The maximum Gasteiger partial charge on any atom is 0.416 e. The number of unbranched alkanes of at least 4 members (excludes halogenated alkanes) is 1. The van der Waals surface area contributed by atoms with Crippen molar-refractivity contribution < 1.29 is 13.2 Å². The predicted octanol–water partition coefficient (Wildman–Crippen LogP) is 15.8. The lowest BCUT2D eigenvalue weighted by atomic mass is 10.1. The number of fused-ring (bicyclic) bond motifs is 1. The molecule has 0 aliphatic rings. The van der Waals surface area contributed by atoms with Crippen molar-refractivity contribution in [2.45, 2.75) is 94.8 Å². The van der Waals surface area contributed by atoms with Gasteiger partial charge in [-0.25, -0.2) is 19.9 Å². The molecule has 6 aromatic heterocycles. The molecule has 0 atom stereocenters. The Balaban J connectivity index is 0.000000283. The van der Waals surface area contributed by atoms with Crippen LogP contribution in [0, 0.1) is 62.3 Å². The number of rotatable bonds is 3. The molecule has 0 fully saturated rings. The highest BCUT2D eigenvalue weighted by molar-refractivity contribution is 5.74. The van der Waals surface area contributed by atoms with E-state index in [9.17, 15) is 13.2 Å². The molecule has 0 unspecified atom stereocenters. The van der Waals surface area contributed by atoms with E-state index < -0.39 is 11.7 Å². The predicted molar refractivity (Wildman–Crippen MR) is 295 cm³/mol. The molecule has 0 amide bonds. The van der Waals surface area contributed by atoms with E-state index in [1.54, 1.807) is 56.2 Å². The number of imidazole rings is 2. The topological polar surface area (TPSA) is 111 Å². The first kappa shape index (κ1) is 61.0. The number of para-hydroxylation sites is 2. The second kappa shape index (κ2) is 36.8. The quantitative estimate of drug-likeness (QED) is 0.188. The van der Waals surface area contributed by atoms with Crippen LogP contribution in [0.25, 0.3) is 11.0 Å². The van der Waals surface area contributed by atoms with Crippen LogP contribution in [0.15, 0.2) is 214 Å². The highest BCUT2D eigenvalue weighted by atomic mass is 19.4. The van der Waals surface area contributed by atoms with E-state index in [1.165, 1.54) is 46.7 Å². The van der Waals surface area contributed by atoms with Gasteiger partial charge in [0.25, 0.3) is 0 Å². The zero-order chi connectivity index (χ0) is 53.5. The highest BCUT2D eigenvalue weighted by Crippen LogP contribution is 2.29. The number of benzene rings is 4. The number of pyridine rings is 3. The van der Waals surface area contributed by atoms with Gasteiger partial charge in [0.2, 0.25) is 0 Å². The summed E-state index contributed by atoms with van der Waals surface area (Å²) in [5, 5.41) is 0. The molecule has 0 saturated heterocycles. The maximum absolute atomic E-state index is 12.0. The number of aromatic nitrogens is 9. The molecule has 0 spiro atoms. The number of nitrogens with zero attached hydrogens (tertiary/aromatic N) is 8. The molecule has 0 aliphatic carbocycles. The van der Waals surface area contributed by atoms with E-state index in [0.29, 0.717) is 5.56 Å². The second-order valence-electron chi connectivity index (χ2n) is 16.5. The molecule has 12 heteroatoms. The molecule has 1 N–H and O–H groups in total. The van der Waals surface area contributed by atoms with E-state index >= 15 is 0 Å². The maximum atomic E-state index is 12.0. The lowest BCUT2D eigenvalue weighted by Gasteiger charge is -2.05. The molecule has 0 bridgehead atoms. The van der Waals surface area contributed by atoms with Crippen molar-refractivity contribution in [2.75, 3.05) is 0 Å². The highest BCUT2D eigenvalue weighted by Gasteiger charge is 2.29. The summed E-state index contributed by atoms with van der Waals surface area (Å²) in [6.45, 7) is 21.1. The standard InChI is InChI=1S/C8H7F3.C8H8N2.C8H10.C7H12N2.C7H8.3C6H7N.C5H6N2/c1-6-3-2-4-7(5-6)8(9,10)11;1-6-9-7-4-2-3-5-8(7)10-6;1-7-3-5-8(2)6-4-7;1-2-3-5-9-6-4-8-7-9;1-7-5-3-2-4-6-7;1-6-2-4-7-5-3-6;1-6-3-2-4-7-5-6;1-6-4-2-3-5-7-6;1-5-6-3-2-4-7-5/h2-5H,1H3;2-5H,1H3,(H,9,10);3-6H,1-2H3;4,6-7H,2-3,5H2,1H3;2-6H,1H3;3*2-5H,1H3;2-4H,1H3. The van der Waals surface area contributed by atoms with Crippen molar-refractivity contribution >= 4 is 11.0 Å². The molecule has 0 aliphatic heterocycles. The number of hydrogen-bond acceptors (Lipinski definition) is 7. The lowest BCUT2D eigenvalue weighted by molar-refractivity contribution is -0.137. The van der Waals surface area contributed by atoms with Crippen molar-refractivity contribution in [3.63, 3.8) is 0 Å². The molecule has 382 valence electrons. The fourth-order valence-electron chi connectivity index (χ4n) is 5.53. The number of aryl methyl sites for hydroxylation is 10. The van der Waals surface area contributed by atoms with Crippen LogP contribution in [0.4, 0.5) is 13.2 Å². The smallest absolute Gasteiger partial charge is 0.342 e. The van der Waals surface area contributed by atoms with Gasteiger partial charge < -0.3 is 9.55 Å². The van der Waals surface area contributed by atoms with Gasteiger partial charge in [-0.3, -0.25) is 15.0 Å². The first-order chi connectivity index (χ1) is 35.0. The van der Waals surface area contributed by atoms with Crippen LogP contribution < -0.4 is 0 Å². The molecule has 6 heterocycles. The Morgan fingerprint density at radius 2 is 1.05 bits per heavy atom. The summed E-state index contributed by atoms with van der Waals surface area (Å²) in [6.07, 6.45) is 16.4. The van der Waals surface area contributed by atoms with Crippen LogP contribution in [0.1, 0.15) is 76.1 Å². The van der Waals surface area contributed by atoms with Crippen molar-refractivity contribution in [2.24, 2.45) is 0 Å². The lowest BCUT2D eigenvalue weighted by Crippen LogP contribution is -2.04. The van der Waals surface area contributed by atoms with E-state index in [1.807, 2.05) is 144 Å². The van der Waals surface area contributed by atoms with Crippen LogP contribution >= 0.6 is 0 Å². The summed E-state index contributed by atoms with van der Waals surface area (Å²) in [5.74, 6) is 1.80. The summed E-state index contributed by atoms with van der Waals surface area (Å²) < 4.78 is 38.0. The summed E-state index contributed by atoms with van der Waals surface area (Å²) in [4.78, 5) is 30.8. The minimum Gasteiger partial charge on any atom is -0.342 e. The van der Waals surface area contributed by atoms with Gasteiger partial charge in [0.05, 0.1) is 22.9 Å². The molecule has 10 aromatic rings. The third kappa shape index (κ3) is 31.7. The molecular weight excluding hydrogens is 916 g/mol. The minimum absolute atomic E-state index is 0.586. The van der Waals surface area contributed by atoms with Crippen LogP contribution in [0.5, 0.6) is 0 Å². The van der Waals surface area contributed by atoms with Crippen molar-refractivity contribution in [1.29, 1.82) is 0 Å². The van der Waals surface area contributed by atoms with Gasteiger partial charge in [0.15, 0.2) is 0 Å². The molecule has 10 rings (SSSR count). The van der Waals surface area contributed by atoms with E-state index in [2.05, 4.69) is 109 Å². The minimum atomic E-state index is -4.22. The van der Waals surface area contributed by atoms with Crippen molar-refractivity contribution in [3.8, 4) is 0 Å². The normalized spacial score (nSPS) is 9.60. The van der Waals surface area contributed by atoms with Gasteiger partial charge in [-0.15, -0.1) is 0 Å². The van der Waals surface area contributed by atoms with Gasteiger partial charge in [0.1, 0.15) is 11.6 Å². The molecule has 0 saturated carbocycles. The molecule has 4 aromatic carbocycles. The SMILES string of the molecule is CCCCn1ccnc1.Cc1ccc(C)cc1.Cc1cccc(C(F)(F)F)c1.Cc1ccccc1.Cc1ccccn1.Cc1cccnc1.Cc1ccncc1.Cc1nc2ccccc2[nH]1.Cc1ncccn1. The Labute approximate surface area is 431 Å². The zero-order valence-corrected chi connectivity index (χ0v) is 44.0. The summed E-state index contributed by atoms with van der Waals surface area (Å²) in [7, 11) is 0. The van der Waals surface area contributed by atoms with Crippen LogP contribution in [0.3, 0.4) is 0 Å². The summed E-state index contributed by atoms with van der Waals surface area (Å²) in [6, 6.07) is 47.5. The Hall–Kier alpha value is -8.12. The van der Waals surface area contributed by atoms with Gasteiger partial charge in [-0.05, 0) is 134 Å². The third-order valence-corrected chi connectivity index (χ3v) is 9.50.